The largest absolute Gasteiger partial charge is 0.485 e. The van der Waals surface area contributed by atoms with Crippen LogP contribution in [0.5, 0.6) is 5.75 Å². The number of aliphatic hydroxyl groups is 1. The lowest BCUT2D eigenvalue weighted by Gasteiger charge is -2.38. The lowest BCUT2D eigenvalue weighted by molar-refractivity contribution is -0.137. The van der Waals surface area contributed by atoms with Crippen LogP contribution in [0.15, 0.2) is 47.0 Å². The van der Waals surface area contributed by atoms with Gasteiger partial charge in [-0.2, -0.15) is 13.2 Å². The van der Waals surface area contributed by atoms with Gasteiger partial charge in [-0.25, -0.2) is 9.59 Å². The smallest absolute Gasteiger partial charge is 0.416 e. The Bertz CT molecular complexity index is 1520. The van der Waals surface area contributed by atoms with Crippen molar-refractivity contribution in [3.63, 3.8) is 0 Å². The lowest BCUT2D eigenvalue weighted by Crippen LogP contribution is -2.50. The molecule has 15 heteroatoms. The number of benzene rings is 2. The lowest BCUT2D eigenvalue weighted by atomic mass is 9.99. The molecule has 3 unspecified atom stereocenters. The Morgan fingerprint density at radius 1 is 1.13 bits per heavy atom. The summed E-state index contributed by atoms with van der Waals surface area (Å²) in [6.07, 6.45) is -5.23. The van der Waals surface area contributed by atoms with Crippen LogP contribution in [0, 0.1) is 19.8 Å². The second-order valence-corrected chi connectivity index (χ2v) is 11.0. The summed E-state index contributed by atoms with van der Waals surface area (Å²) in [6, 6.07) is 6.94. The number of carbonyl (C=O) groups is 3. The molecule has 4 N–H and O–H groups in total. The van der Waals surface area contributed by atoms with E-state index < -0.39 is 41.9 Å². The minimum Gasteiger partial charge on any atom is -0.485 e. The van der Waals surface area contributed by atoms with Gasteiger partial charge in [0.1, 0.15) is 17.5 Å². The van der Waals surface area contributed by atoms with Crippen LogP contribution in [-0.4, -0.2) is 76.9 Å². The third-order valence-corrected chi connectivity index (χ3v) is 7.48. The zero-order valence-corrected chi connectivity index (χ0v) is 25.4. The maximum atomic E-state index is 13.7. The average Bonchev–Trinajstić information content (AvgIpc) is 3.30. The highest BCUT2D eigenvalue weighted by Gasteiger charge is 2.35. The van der Waals surface area contributed by atoms with Gasteiger partial charge in [-0.15, -0.1) is 0 Å². The fraction of sp³-hybridized carbons (Fsp3) is 0.400. The second kappa shape index (κ2) is 13.5. The molecule has 2 aromatic carbocycles. The predicted octanol–water partition coefficient (Wildman–Crippen LogP) is 5.34. The maximum absolute atomic E-state index is 13.7. The number of aromatic nitrogens is 1. The Morgan fingerprint density at radius 2 is 1.82 bits per heavy atom. The fourth-order valence-electron chi connectivity index (χ4n) is 4.80. The topological polar surface area (TPSA) is 149 Å². The summed E-state index contributed by atoms with van der Waals surface area (Å²) < 4.78 is 50.3. The van der Waals surface area contributed by atoms with E-state index in [0.717, 1.165) is 24.3 Å². The van der Waals surface area contributed by atoms with E-state index in [1.165, 1.54) is 16.8 Å². The van der Waals surface area contributed by atoms with Crippen LogP contribution in [0.2, 0.25) is 0 Å². The zero-order valence-electron chi connectivity index (χ0n) is 25.4. The van der Waals surface area contributed by atoms with E-state index in [1.807, 2.05) is 6.92 Å². The fourth-order valence-corrected chi connectivity index (χ4v) is 4.80. The first-order valence-electron chi connectivity index (χ1n) is 14.1. The van der Waals surface area contributed by atoms with Crippen LogP contribution in [0.1, 0.15) is 41.2 Å². The number of nitrogens with zero attached hydrogens (tertiary/aromatic N) is 3. The molecule has 12 nitrogen and oxygen atoms in total. The van der Waals surface area contributed by atoms with Gasteiger partial charge in [-0.05, 0) is 57.2 Å². The number of hydrogen-bond acceptors (Lipinski definition) is 7. The molecule has 242 valence electrons. The Balaban J connectivity index is 1.60. The molecule has 3 atom stereocenters. The highest BCUT2D eigenvalue weighted by Crippen LogP contribution is 2.35. The molecule has 1 aliphatic heterocycles. The summed E-state index contributed by atoms with van der Waals surface area (Å²) in [5, 5.41) is 21.7. The maximum Gasteiger partial charge on any atom is 0.416 e. The van der Waals surface area contributed by atoms with Crippen molar-refractivity contribution >= 4 is 35.0 Å². The molecule has 0 spiro atoms. The van der Waals surface area contributed by atoms with Crippen molar-refractivity contribution < 1.29 is 41.9 Å². The highest BCUT2D eigenvalue weighted by molar-refractivity contribution is 6.04. The quantitative estimate of drug-likeness (QED) is 0.275. The van der Waals surface area contributed by atoms with E-state index in [0.29, 0.717) is 17.1 Å². The standard InChI is InChI=1S/C30H35F3N6O6/c1-16-13-39(17(2)15-40)27(41)22-7-6-8-23(35-28(42)36-25-18(3)37-45-19(25)4)26(22)44-24(16)14-38(5)29(43)34-21-11-9-20(10-12-21)30(31,32)33/h6-12,16-17,24,40H,13-15H2,1-5H3,(H,34,43)(H2,35,36,42). The van der Waals surface area contributed by atoms with E-state index in [-0.39, 0.29) is 48.3 Å². The Kier molecular flexibility index (Phi) is 9.91. The Labute approximate surface area is 257 Å². The number of fused-ring (bicyclic) bond motifs is 1. The molecule has 0 radical (unpaired) electrons. The van der Waals surface area contributed by atoms with Crippen LogP contribution in [0.3, 0.4) is 0 Å². The number of rotatable bonds is 7. The number of para-hydroxylation sites is 1. The van der Waals surface area contributed by atoms with Crippen molar-refractivity contribution in [2.75, 3.05) is 42.7 Å². The van der Waals surface area contributed by atoms with E-state index in [1.54, 1.807) is 39.0 Å². The Morgan fingerprint density at radius 3 is 2.42 bits per heavy atom. The van der Waals surface area contributed by atoms with E-state index in [2.05, 4.69) is 21.1 Å². The molecule has 0 saturated heterocycles. The van der Waals surface area contributed by atoms with Gasteiger partial charge in [0, 0.05) is 25.2 Å². The number of aryl methyl sites for hydroxylation is 2. The first-order chi connectivity index (χ1) is 21.2. The summed E-state index contributed by atoms with van der Waals surface area (Å²) in [5.74, 6) is -0.320. The molecule has 5 amide bonds. The minimum atomic E-state index is -4.51. The van der Waals surface area contributed by atoms with Gasteiger partial charge in [0.15, 0.2) is 11.5 Å². The molecule has 3 aromatic rings. The number of likely N-dealkylation sites (N-methyl/N-ethyl adjacent to an activating group) is 1. The van der Waals surface area contributed by atoms with Gasteiger partial charge >= 0.3 is 18.2 Å². The normalized spacial score (nSPS) is 17.4. The van der Waals surface area contributed by atoms with Crippen molar-refractivity contribution in [1.29, 1.82) is 0 Å². The molecule has 2 heterocycles. The van der Waals surface area contributed by atoms with Crippen LogP contribution in [0.4, 0.5) is 39.8 Å². The molecule has 0 saturated carbocycles. The summed E-state index contributed by atoms with van der Waals surface area (Å²) in [6.45, 7) is 6.71. The molecule has 0 aliphatic carbocycles. The zero-order chi connectivity index (χ0) is 33.1. The van der Waals surface area contributed by atoms with Gasteiger partial charge in [-0.3, -0.25) is 4.79 Å². The summed E-state index contributed by atoms with van der Waals surface area (Å²) in [4.78, 5) is 42.5. The molecule has 4 rings (SSSR count). The van der Waals surface area contributed by atoms with Gasteiger partial charge in [0.2, 0.25) is 0 Å². The number of hydrogen-bond donors (Lipinski definition) is 4. The van der Waals surface area contributed by atoms with Crippen LogP contribution < -0.4 is 20.7 Å². The number of nitrogens with one attached hydrogen (secondary N) is 3. The first kappa shape index (κ1) is 33.1. The number of anilines is 3. The molecule has 0 bridgehead atoms. The first-order valence-corrected chi connectivity index (χ1v) is 14.1. The third kappa shape index (κ3) is 7.66. The van der Waals surface area contributed by atoms with Crippen molar-refractivity contribution in [2.45, 2.75) is 46.0 Å². The number of alkyl halides is 3. The minimum absolute atomic E-state index is 0.00220. The number of urea groups is 2. The second-order valence-electron chi connectivity index (χ2n) is 11.0. The Hall–Kier alpha value is -4.79. The van der Waals surface area contributed by atoms with Gasteiger partial charge in [0.05, 0.1) is 36.0 Å². The average molecular weight is 633 g/mol. The monoisotopic (exact) mass is 632 g/mol. The number of ether oxygens (including phenoxy) is 1. The van der Waals surface area contributed by atoms with Crippen molar-refractivity contribution in [3.05, 3.63) is 65.0 Å². The van der Waals surface area contributed by atoms with Crippen molar-refractivity contribution in [1.82, 2.24) is 15.0 Å². The molecular formula is C30H35F3N6O6. The molecule has 0 fully saturated rings. The van der Waals surface area contributed by atoms with E-state index in [9.17, 15) is 32.7 Å². The molecular weight excluding hydrogens is 597 g/mol. The number of amides is 5. The van der Waals surface area contributed by atoms with Crippen LogP contribution in [-0.2, 0) is 6.18 Å². The van der Waals surface area contributed by atoms with E-state index >= 15 is 0 Å². The van der Waals surface area contributed by atoms with Crippen molar-refractivity contribution in [3.8, 4) is 5.75 Å². The summed E-state index contributed by atoms with van der Waals surface area (Å²) in [7, 11) is 1.50. The molecule has 1 aliphatic rings. The SMILES string of the molecule is Cc1noc(C)c1NC(=O)Nc1cccc2c1OC(CN(C)C(=O)Nc1ccc(C(F)(F)F)cc1)C(C)CN(C(C)CO)C2=O. The van der Waals surface area contributed by atoms with E-state index in [4.69, 9.17) is 9.26 Å². The number of aliphatic hydroxyl groups excluding tert-OH is 1. The molecule has 45 heavy (non-hydrogen) atoms. The third-order valence-electron chi connectivity index (χ3n) is 7.48. The number of halogens is 3. The number of carbonyl (C=O) groups excluding carboxylic acids is 3. The van der Waals surface area contributed by atoms with Crippen molar-refractivity contribution in [2.24, 2.45) is 5.92 Å². The molecule has 1 aromatic heterocycles. The highest BCUT2D eigenvalue weighted by atomic mass is 19.4. The van der Waals surface area contributed by atoms with Crippen LogP contribution >= 0.6 is 0 Å². The van der Waals surface area contributed by atoms with Gasteiger partial charge in [0.25, 0.3) is 5.91 Å². The predicted molar refractivity (Wildman–Crippen MR) is 159 cm³/mol. The van der Waals surface area contributed by atoms with Crippen LogP contribution in [0.25, 0.3) is 0 Å². The summed E-state index contributed by atoms with van der Waals surface area (Å²) in [5.41, 5.74) is 0.499. The van der Waals surface area contributed by atoms with Gasteiger partial charge < -0.3 is 40.1 Å². The summed E-state index contributed by atoms with van der Waals surface area (Å²) >= 11 is 0. The van der Waals surface area contributed by atoms with Gasteiger partial charge in [-0.1, -0.05) is 18.1 Å².